The van der Waals surface area contributed by atoms with Crippen LogP contribution in [0.5, 0.6) is 11.5 Å². The first-order valence-electron chi connectivity index (χ1n) is 7.97. The molecule has 2 aromatic carbocycles. The van der Waals surface area contributed by atoms with Crippen molar-refractivity contribution in [3.8, 4) is 11.5 Å². The Bertz CT molecular complexity index is 907. The number of phenols is 2. The van der Waals surface area contributed by atoms with Crippen molar-refractivity contribution >= 4 is 69.8 Å². The molecule has 8 nitrogen and oxygen atoms in total. The van der Waals surface area contributed by atoms with Gasteiger partial charge in [-0.2, -0.15) is 0 Å². The second-order valence-corrected chi connectivity index (χ2v) is 7.40. The number of nitrogens with one attached hydrogen (secondary N) is 4. The Morgan fingerprint density at radius 2 is 1.14 bits per heavy atom. The summed E-state index contributed by atoms with van der Waals surface area (Å²) in [5, 5.41) is 29.9. The van der Waals surface area contributed by atoms with E-state index < -0.39 is 12.1 Å². The Morgan fingerprint density at radius 1 is 0.793 bits per heavy atom. The fraction of sp³-hybridized carbons (Fsp3) is 0.176. The van der Waals surface area contributed by atoms with Gasteiger partial charge in [0.1, 0.15) is 0 Å². The van der Waals surface area contributed by atoms with E-state index in [1.807, 2.05) is 0 Å². The first kappa shape index (κ1) is 23.0. The average Bonchev–Trinajstić information content (AvgIpc) is 2.66. The summed E-state index contributed by atoms with van der Waals surface area (Å²) < 4.78 is 0. The van der Waals surface area contributed by atoms with Gasteiger partial charge in [-0.3, -0.25) is 0 Å². The molecule has 0 radical (unpaired) electrons. The summed E-state index contributed by atoms with van der Waals surface area (Å²) in [6.07, 6.45) is 0. The molecular weight excluding hydrogens is 466 g/mol. The zero-order valence-corrected chi connectivity index (χ0v) is 18.1. The van der Waals surface area contributed by atoms with Gasteiger partial charge >= 0.3 is 12.1 Å². The van der Waals surface area contributed by atoms with Crippen LogP contribution >= 0.6 is 46.4 Å². The van der Waals surface area contributed by atoms with E-state index >= 15 is 0 Å². The minimum atomic E-state index is -0.735. The first-order chi connectivity index (χ1) is 13.5. The standard InChI is InChI=1S/C17H16Cl4N4O4/c1-6-8(18)3-10(14(26)12(6)20)24-16(28)22-5-23-17(29)25-11-4-9(19)7(2)13(21)15(11)27/h3-4,26-27H,5H2,1-2H3,(H2,22,24,28)(H2,23,25,29). The molecule has 2 aromatic rings. The molecule has 0 atom stereocenters. The minimum Gasteiger partial charge on any atom is -0.504 e. The molecule has 0 aliphatic carbocycles. The average molecular weight is 482 g/mol. The molecule has 4 amide bonds. The van der Waals surface area contributed by atoms with Crippen molar-refractivity contribution in [2.24, 2.45) is 0 Å². The van der Waals surface area contributed by atoms with Crippen LogP contribution in [0.4, 0.5) is 21.0 Å². The highest BCUT2D eigenvalue weighted by Gasteiger charge is 2.16. The maximum atomic E-state index is 11.9. The second-order valence-electron chi connectivity index (χ2n) is 5.83. The molecular formula is C17H16Cl4N4O4. The van der Waals surface area contributed by atoms with Crippen LogP contribution in [-0.2, 0) is 0 Å². The Labute approximate surface area is 186 Å². The number of benzene rings is 2. The molecule has 0 aliphatic rings. The van der Waals surface area contributed by atoms with Crippen LogP contribution in [0.1, 0.15) is 11.1 Å². The molecule has 6 N–H and O–H groups in total. The van der Waals surface area contributed by atoms with E-state index in [2.05, 4.69) is 21.3 Å². The molecule has 0 fully saturated rings. The van der Waals surface area contributed by atoms with E-state index in [9.17, 15) is 19.8 Å². The number of hydrogen-bond donors (Lipinski definition) is 6. The molecule has 0 bridgehead atoms. The van der Waals surface area contributed by atoms with E-state index in [0.717, 1.165) is 0 Å². The van der Waals surface area contributed by atoms with Crippen molar-refractivity contribution in [3.63, 3.8) is 0 Å². The zero-order chi connectivity index (χ0) is 21.9. The highest BCUT2D eigenvalue weighted by molar-refractivity contribution is 6.38. The number of carbonyl (C=O) groups is 2. The lowest BCUT2D eigenvalue weighted by Gasteiger charge is -2.14. The summed E-state index contributed by atoms with van der Waals surface area (Å²) >= 11 is 23.8. The van der Waals surface area contributed by atoms with E-state index in [1.54, 1.807) is 13.8 Å². The van der Waals surface area contributed by atoms with Crippen LogP contribution in [0.25, 0.3) is 0 Å². The van der Waals surface area contributed by atoms with Crippen molar-refractivity contribution in [1.29, 1.82) is 0 Å². The molecule has 0 unspecified atom stereocenters. The number of anilines is 2. The third-order valence-corrected chi connectivity index (χ3v) is 5.55. The van der Waals surface area contributed by atoms with Crippen LogP contribution in [-0.4, -0.2) is 28.9 Å². The lowest BCUT2D eigenvalue weighted by atomic mass is 10.2. The van der Waals surface area contributed by atoms with Crippen molar-refractivity contribution in [2.75, 3.05) is 17.3 Å². The smallest absolute Gasteiger partial charge is 0.320 e. The van der Waals surface area contributed by atoms with Crippen LogP contribution in [0.3, 0.4) is 0 Å². The number of amides is 4. The van der Waals surface area contributed by atoms with Gasteiger partial charge in [0.25, 0.3) is 0 Å². The summed E-state index contributed by atoms with van der Waals surface area (Å²) in [6.45, 7) is 2.95. The fourth-order valence-electron chi connectivity index (χ4n) is 2.14. The van der Waals surface area contributed by atoms with Gasteiger partial charge in [0.05, 0.1) is 28.1 Å². The second kappa shape index (κ2) is 9.49. The van der Waals surface area contributed by atoms with Gasteiger partial charge in [-0.1, -0.05) is 46.4 Å². The van der Waals surface area contributed by atoms with E-state index in [0.29, 0.717) is 11.1 Å². The topological polar surface area (TPSA) is 123 Å². The van der Waals surface area contributed by atoms with Gasteiger partial charge in [-0.05, 0) is 37.1 Å². The summed E-state index contributed by atoms with van der Waals surface area (Å²) in [6, 6.07) is 1.21. The molecule has 0 aliphatic heterocycles. The van der Waals surface area contributed by atoms with Crippen LogP contribution in [0.15, 0.2) is 12.1 Å². The third kappa shape index (κ3) is 5.42. The van der Waals surface area contributed by atoms with Gasteiger partial charge in [0, 0.05) is 10.0 Å². The quantitative estimate of drug-likeness (QED) is 0.264. The van der Waals surface area contributed by atoms with E-state index in [1.165, 1.54) is 12.1 Å². The largest absolute Gasteiger partial charge is 0.504 e. The number of rotatable bonds is 4. The zero-order valence-electron chi connectivity index (χ0n) is 15.1. The van der Waals surface area contributed by atoms with Crippen molar-refractivity contribution in [1.82, 2.24) is 10.6 Å². The molecule has 0 heterocycles. The molecule has 0 spiro atoms. The van der Waals surface area contributed by atoms with Gasteiger partial charge in [0.15, 0.2) is 11.5 Å². The SMILES string of the molecule is Cc1c(Cl)cc(NC(=O)NCNC(=O)Nc2cc(Cl)c(C)c(Cl)c2O)c(O)c1Cl. The predicted octanol–water partition coefficient (Wildman–Crippen LogP) is 5.23. The highest BCUT2D eigenvalue weighted by atomic mass is 35.5. The Morgan fingerprint density at radius 3 is 1.48 bits per heavy atom. The van der Waals surface area contributed by atoms with Crippen LogP contribution in [0.2, 0.25) is 20.1 Å². The Balaban J connectivity index is 1.91. The fourth-order valence-corrected chi connectivity index (χ4v) is 3.05. The van der Waals surface area contributed by atoms with Crippen molar-refractivity contribution < 1.29 is 19.8 Å². The lowest BCUT2D eigenvalue weighted by Crippen LogP contribution is -2.41. The van der Waals surface area contributed by atoms with Crippen LogP contribution < -0.4 is 21.3 Å². The number of halogens is 4. The number of hydrogen-bond acceptors (Lipinski definition) is 4. The normalized spacial score (nSPS) is 10.4. The third-order valence-electron chi connectivity index (χ3n) is 3.84. The number of urea groups is 2. The summed E-state index contributed by atoms with van der Waals surface area (Å²) in [5.74, 6) is -0.670. The molecule has 0 saturated carbocycles. The van der Waals surface area contributed by atoms with Gasteiger partial charge in [0.2, 0.25) is 0 Å². The van der Waals surface area contributed by atoms with Gasteiger partial charge in [-0.25, -0.2) is 9.59 Å². The summed E-state index contributed by atoms with van der Waals surface area (Å²) in [4.78, 5) is 23.9. The first-order valence-corrected chi connectivity index (χ1v) is 9.49. The number of aromatic hydroxyl groups is 2. The highest BCUT2D eigenvalue weighted by Crippen LogP contribution is 2.39. The number of carbonyl (C=O) groups excluding carboxylic acids is 2. The Hall–Kier alpha value is -2.26. The van der Waals surface area contributed by atoms with Crippen molar-refractivity contribution in [2.45, 2.75) is 13.8 Å². The van der Waals surface area contributed by atoms with Gasteiger partial charge in [-0.15, -0.1) is 0 Å². The summed E-state index contributed by atoms with van der Waals surface area (Å²) in [5.41, 5.74) is 0.937. The molecule has 2 rings (SSSR count). The van der Waals surface area contributed by atoms with E-state index in [4.69, 9.17) is 46.4 Å². The van der Waals surface area contributed by atoms with Gasteiger partial charge < -0.3 is 31.5 Å². The molecule has 12 heteroatoms. The minimum absolute atomic E-state index is 0.00131. The van der Waals surface area contributed by atoms with Crippen LogP contribution in [0, 0.1) is 13.8 Å². The maximum absolute atomic E-state index is 11.9. The maximum Gasteiger partial charge on any atom is 0.320 e. The monoisotopic (exact) mass is 480 g/mol. The lowest BCUT2D eigenvalue weighted by molar-refractivity contribution is 0.246. The van der Waals surface area contributed by atoms with Crippen molar-refractivity contribution in [3.05, 3.63) is 43.4 Å². The Kier molecular flexibility index (Phi) is 7.54. The molecule has 0 saturated heterocycles. The molecule has 0 aromatic heterocycles. The number of phenolic OH excluding ortho intramolecular Hbond substituents is 2. The van der Waals surface area contributed by atoms with E-state index in [-0.39, 0.29) is 49.6 Å². The summed E-state index contributed by atoms with van der Waals surface area (Å²) in [7, 11) is 0. The predicted molar refractivity (Wildman–Crippen MR) is 115 cm³/mol. The molecule has 156 valence electrons. The molecule has 29 heavy (non-hydrogen) atoms.